The Morgan fingerprint density at radius 2 is 2.04 bits per heavy atom. The zero-order valence-corrected chi connectivity index (χ0v) is 15.1. The van der Waals surface area contributed by atoms with Crippen molar-refractivity contribution >= 4 is 0 Å². The fraction of sp³-hybridized carbons (Fsp3) is 0.700. The van der Waals surface area contributed by atoms with Crippen LogP contribution in [0.2, 0.25) is 0 Å². The van der Waals surface area contributed by atoms with Gasteiger partial charge in [-0.2, -0.15) is 0 Å². The van der Waals surface area contributed by atoms with E-state index in [0.29, 0.717) is 6.04 Å². The predicted octanol–water partition coefficient (Wildman–Crippen LogP) is 4.93. The van der Waals surface area contributed by atoms with Gasteiger partial charge in [0.15, 0.2) is 11.5 Å². The van der Waals surface area contributed by atoms with E-state index in [4.69, 9.17) is 9.47 Å². The Hall–Kier alpha value is -1.22. The standard InChI is InChI=1S/C20H33NO2/c1-4-5-6-12-23-19-11-10-17(14-20(19)22-3)15-21-18-9-7-8-16(2)13-18/h10-11,14,16,18,21H,4-9,12-13,15H2,1-3H3. The molecule has 3 heteroatoms. The third-order valence-corrected chi connectivity index (χ3v) is 4.76. The average molecular weight is 319 g/mol. The number of hydrogen-bond donors (Lipinski definition) is 1. The van der Waals surface area contributed by atoms with E-state index in [2.05, 4.69) is 31.3 Å². The van der Waals surface area contributed by atoms with Gasteiger partial charge in [0.2, 0.25) is 0 Å². The Morgan fingerprint density at radius 3 is 2.78 bits per heavy atom. The van der Waals surface area contributed by atoms with Crippen molar-refractivity contribution in [3.8, 4) is 11.5 Å². The summed E-state index contributed by atoms with van der Waals surface area (Å²) in [6, 6.07) is 6.96. The van der Waals surface area contributed by atoms with Crippen LogP contribution in [-0.4, -0.2) is 19.8 Å². The van der Waals surface area contributed by atoms with Crippen LogP contribution in [0.3, 0.4) is 0 Å². The molecule has 3 nitrogen and oxygen atoms in total. The first kappa shape index (κ1) is 18.1. The lowest BCUT2D eigenvalue weighted by Crippen LogP contribution is -2.33. The van der Waals surface area contributed by atoms with Crippen molar-refractivity contribution in [3.05, 3.63) is 23.8 Å². The second-order valence-electron chi connectivity index (χ2n) is 6.89. The molecule has 0 spiro atoms. The van der Waals surface area contributed by atoms with Crippen LogP contribution in [0, 0.1) is 5.92 Å². The summed E-state index contributed by atoms with van der Waals surface area (Å²) in [5, 5.41) is 3.70. The minimum absolute atomic E-state index is 0.662. The molecule has 1 aromatic rings. The van der Waals surface area contributed by atoms with E-state index in [1.807, 2.05) is 6.07 Å². The van der Waals surface area contributed by atoms with Crippen LogP contribution in [0.15, 0.2) is 18.2 Å². The summed E-state index contributed by atoms with van der Waals surface area (Å²) in [6.07, 6.45) is 8.87. The largest absolute Gasteiger partial charge is 0.493 e. The highest BCUT2D eigenvalue weighted by atomic mass is 16.5. The molecule has 23 heavy (non-hydrogen) atoms. The molecule has 1 fully saturated rings. The van der Waals surface area contributed by atoms with Gasteiger partial charge in [-0.25, -0.2) is 0 Å². The molecule has 2 rings (SSSR count). The van der Waals surface area contributed by atoms with Crippen molar-refractivity contribution in [1.29, 1.82) is 0 Å². The number of rotatable bonds is 9. The van der Waals surface area contributed by atoms with Crippen molar-refractivity contribution in [2.45, 2.75) is 71.4 Å². The molecular formula is C20H33NO2. The molecule has 0 heterocycles. The van der Waals surface area contributed by atoms with Crippen LogP contribution in [0.25, 0.3) is 0 Å². The van der Waals surface area contributed by atoms with E-state index in [0.717, 1.165) is 37.0 Å². The molecule has 2 atom stereocenters. The Balaban J connectivity index is 1.85. The number of ether oxygens (including phenoxy) is 2. The third-order valence-electron chi connectivity index (χ3n) is 4.76. The van der Waals surface area contributed by atoms with Crippen LogP contribution in [-0.2, 0) is 6.54 Å². The summed E-state index contributed by atoms with van der Waals surface area (Å²) >= 11 is 0. The lowest BCUT2D eigenvalue weighted by Gasteiger charge is -2.27. The van der Waals surface area contributed by atoms with Crippen molar-refractivity contribution in [3.63, 3.8) is 0 Å². The zero-order chi connectivity index (χ0) is 16.5. The van der Waals surface area contributed by atoms with Gasteiger partial charge in [-0.1, -0.05) is 45.6 Å². The maximum Gasteiger partial charge on any atom is 0.161 e. The summed E-state index contributed by atoms with van der Waals surface area (Å²) in [6.45, 7) is 6.24. The van der Waals surface area contributed by atoms with Gasteiger partial charge in [0.05, 0.1) is 13.7 Å². The first-order valence-electron chi connectivity index (χ1n) is 9.26. The first-order chi connectivity index (χ1) is 11.2. The molecule has 0 amide bonds. The fourth-order valence-corrected chi connectivity index (χ4v) is 3.36. The molecular weight excluding hydrogens is 286 g/mol. The molecule has 0 aromatic heterocycles. The molecule has 2 unspecified atom stereocenters. The van der Waals surface area contributed by atoms with E-state index in [1.54, 1.807) is 7.11 Å². The number of hydrogen-bond acceptors (Lipinski definition) is 3. The highest BCUT2D eigenvalue weighted by molar-refractivity contribution is 5.42. The lowest BCUT2D eigenvalue weighted by atomic mass is 9.87. The molecule has 0 saturated heterocycles. The Kier molecular flexibility index (Phi) is 7.73. The van der Waals surface area contributed by atoms with Gasteiger partial charge in [0.1, 0.15) is 0 Å². The quantitative estimate of drug-likeness (QED) is 0.654. The number of methoxy groups -OCH3 is 1. The molecule has 1 N–H and O–H groups in total. The predicted molar refractivity (Wildman–Crippen MR) is 96.3 cm³/mol. The summed E-state index contributed by atoms with van der Waals surface area (Å²) in [4.78, 5) is 0. The number of unbranched alkanes of at least 4 members (excludes halogenated alkanes) is 2. The lowest BCUT2D eigenvalue weighted by molar-refractivity contribution is 0.285. The molecule has 1 aromatic carbocycles. The second kappa shape index (κ2) is 9.82. The topological polar surface area (TPSA) is 30.5 Å². The van der Waals surface area contributed by atoms with Gasteiger partial charge in [0, 0.05) is 12.6 Å². The SMILES string of the molecule is CCCCCOc1ccc(CNC2CCCC(C)C2)cc1OC. The number of nitrogens with one attached hydrogen (secondary N) is 1. The molecule has 0 aliphatic heterocycles. The maximum atomic E-state index is 5.85. The monoisotopic (exact) mass is 319 g/mol. The van der Waals surface area contributed by atoms with Gasteiger partial charge in [-0.3, -0.25) is 0 Å². The fourth-order valence-electron chi connectivity index (χ4n) is 3.36. The molecule has 0 radical (unpaired) electrons. The van der Waals surface area contributed by atoms with E-state index >= 15 is 0 Å². The normalized spacial score (nSPS) is 21.2. The van der Waals surface area contributed by atoms with Crippen LogP contribution in [0.5, 0.6) is 11.5 Å². The van der Waals surface area contributed by atoms with E-state index in [1.165, 1.54) is 44.1 Å². The van der Waals surface area contributed by atoms with Crippen LogP contribution >= 0.6 is 0 Å². The average Bonchev–Trinajstić information content (AvgIpc) is 2.57. The first-order valence-corrected chi connectivity index (χ1v) is 9.26. The van der Waals surface area contributed by atoms with Gasteiger partial charge in [-0.15, -0.1) is 0 Å². The van der Waals surface area contributed by atoms with E-state index < -0.39 is 0 Å². The molecule has 1 saturated carbocycles. The van der Waals surface area contributed by atoms with Gasteiger partial charge < -0.3 is 14.8 Å². The van der Waals surface area contributed by atoms with Crippen molar-refractivity contribution in [2.24, 2.45) is 5.92 Å². The minimum Gasteiger partial charge on any atom is -0.493 e. The highest BCUT2D eigenvalue weighted by Crippen LogP contribution is 2.29. The van der Waals surface area contributed by atoms with Crippen molar-refractivity contribution in [2.75, 3.05) is 13.7 Å². The summed E-state index contributed by atoms with van der Waals surface area (Å²) in [5.41, 5.74) is 1.26. The van der Waals surface area contributed by atoms with Gasteiger partial charge in [0.25, 0.3) is 0 Å². The Bertz CT molecular complexity index is 461. The summed E-state index contributed by atoms with van der Waals surface area (Å²) in [5.74, 6) is 2.56. The number of benzene rings is 1. The third kappa shape index (κ3) is 6.06. The zero-order valence-electron chi connectivity index (χ0n) is 15.1. The molecule has 1 aliphatic rings. The van der Waals surface area contributed by atoms with Gasteiger partial charge >= 0.3 is 0 Å². The Labute approximate surface area is 141 Å². The molecule has 1 aliphatic carbocycles. The van der Waals surface area contributed by atoms with E-state index in [-0.39, 0.29) is 0 Å². The molecule has 130 valence electrons. The second-order valence-corrected chi connectivity index (χ2v) is 6.89. The summed E-state index contributed by atoms with van der Waals surface area (Å²) < 4.78 is 11.3. The van der Waals surface area contributed by atoms with Crippen LogP contribution in [0.1, 0.15) is 64.4 Å². The van der Waals surface area contributed by atoms with Crippen LogP contribution < -0.4 is 14.8 Å². The summed E-state index contributed by atoms with van der Waals surface area (Å²) in [7, 11) is 1.72. The minimum atomic E-state index is 0.662. The maximum absolute atomic E-state index is 5.85. The molecule has 0 bridgehead atoms. The smallest absolute Gasteiger partial charge is 0.161 e. The van der Waals surface area contributed by atoms with Crippen LogP contribution in [0.4, 0.5) is 0 Å². The van der Waals surface area contributed by atoms with Crippen molar-refractivity contribution in [1.82, 2.24) is 5.32 Å². The van der Waals surface area contributed by atoms with E-state index in [9.17, 15) is 0 Å². The Morgan fingerprint density at radius 1 is 1.17 bits per heavy atom. The van der Waals surface area contributed by atoms with Crippen molar-refractivity contribution < 1.29 is 9.47 Å². The van der Waals surface area contributed by atoms with Gasteiger partial charge in [-0.05, 0) is 42.9 Å². The highest BCUT2D eigenvalue weighted by Gasteiger charge is 2.18.